The first-order valence-electron chi connectivity index (χ1n) is 11.8. The van der Waals surface area contributed by atoms with Crippen molar-refractivity contribution in [2.24, 2.45) is 0 Å². The molecule has 0 amide bonds. The number of H-pyrrole nitrogens is 1. The number of rotatable bonds is 5. The van der Waals surface area contributed by atoms with Gasteiger partial charge in [0.05, 0.1) is 18.3 Å². The minimum Gasteiger partial charge on any atom is -0.496 e. The van der Waals surface area contributed by atoms with E-state index in [-0.39, 0.29) is 11.6 Å². The number of aromatic carboxylic acids is 1. The molecule has 1 spiro atoms. The smallest absolute Gasteiger partial charge is 0.335 e. The van der Waals surface area contributed by atoms with Crippen LogP contribution < -0.4 is 4.74 Å². The Morgan fingerprint density at radius 3 is 2.76 bits per heavy atom. The topological polar surface area (TPSA) is 74.8 Å². The van der Waals surface area contributed by atoms with Gasteiger partial charge in [-0.1, -0.05) is 12.1 Å². The van der Waals surface area contributed by atoms with E-state index in [0.29, 0.717) is 5.56 Å². The Bertz CT molecular complexity index is 1140. The van der Waals surface area contributed by atoms with E-state index in [1.54, 1.807) is 19.2 Å². The van der Waals surface area contributed by atoms with Crippen molar-refractivity contribution in [1.82, 2.24) is 9.88 Å². The molecule has 174 valence electrons. The third-order valence-electron chi connectivity index (χ3n) is 7.53. The molecule has 2 aromatic carbocycles. The number of ether oxygens (including phenoxy) is 2. The van der Waals surface area contributed by atoms with Crippen LogP contribution in [0.1, 0.15) is 65.2 Å². The highest BCUT2D eigenvalue weighted by molar-refractivity contribution is 5.88. The summed E-state index contributed by atoms with van der Waals surface area (Å²) in [4.78, 5) is 17.3. The molecule has 0 aliphatic carbocycles. The molecule has 5 rings (SSSR count). The summed E-state index contributed by atoms with van der Waals surface area (Å²) in [7, 11) is 1.74. The zero-order valence-electron chi connectivity index (χ0n) is 19.4. The van der Waals surface area contributed by atoms with E-state index in [4.69, 9.17) is 9.47 Å². The molecule has 0 radical (unpaired) electrons. The van der Waals surface area contributed by atoms with Crippen molar-refractivity contribution >= 4 is 16.9 Å². The van der Waals surface area contributed by atoms with E-state index in [1.165, 1.54) is 22.9 Å². The first-order valence-corrected chi connectivity index (χ1v) is 11.8. The van der Waals surface area contributed by atoms with Gasteiger partial charge in [-0.25, -0.2) is 4.79 Å². The van der Waals surface area contributed by atoms with Crippen LogP contribution in [0.2, 0.25) is 0 Å². The van der Waals surface area contributed by atoms with Crippen LogP contribution in [0.3, 0.4) is 0 Å². The van der Waals surface area contributed by atoms with Crippen molar-refractivity contribution < 1.29 is 19.4 Å². The molecule has 2 aliphatic rings. The quantitative estimate of drug-likeness (QED) is 0.542. The molecule has 1 aromatic heterocycles. The number of carboxylic acid groups (broad SMARTS) is 1. The number of likely N-dealkylation sites (tertiary alicyclic amines) is 1. The molecule has 0 saturated carbocycles. The molecule has 33 heavy (non-hydrogen) atoms. The summed E-state index contributed by atoms with van der Waals surface area (Å²) in [6.45, 7) is 4.62. The Hall–Kier alpha value is -2.83. The number of carboxylic acids is 1. The average Bonchev–Trinajstić information content (AvgIpc) is 3.33. The second-order valence-corrected chi connectivity index (χ2v) is 9.50. The lowest BCUT2D eigenvalue weighted by molar-refractivity contribution is -0.127. The molecule has 6 nitrogen and oxygen atoms in total. The summed E-state index contributed by atoms with van der Waals surface area (Å²) in [6, 6.07) is 11.8. The lowest BCUT2D eigenvalue weighted by Gasteiger charge is -2.48. The maximum absolute atomic E-state index is 11.4. The number of aromatic nitrogens is 1. The highest BCUT2D eigenvalue weighted by Crippen LogP contribution is 2.45. The van der Waals surface area contributed by atoms with Crippen LogP contribution in [-0.2, 0) is 11.3 Å². The number of methoxy groups -OCH3 is 1. The van der Waals surface area contributed by atoms with Crippen molar-refractivity contribution in [1.29, 1.82) is 0 Å². The molecule has 1 unspecified atom stereocenters. The van der Waals surface area contributed by atoms with Gasteiger partial charge in [0, 0.05) is 48.4 Å². The third kappa shape index (κ3) is 4.13. The summed E-state index contributed by atoms with van der Waals surface area (Å²) >= 11 is 0. The first-order chi connectivity index (χ1) is 16.0. The average molecular weight is 449 g/mol. The monoisotopic (exact) mass is 448 g/mol. The highest BCUT2D eigenvalue weighted by Gasteiger charge is 2.42. The van der Waals surface area contributed by atoms with Gasteiger partial charge in [0.1, 0.15) is 5.75 Å². The summed E-state index contributed by atoms with van der Waals surface area (Å²) in [5, 5.41) is 10.5. The maximum Gasteiger partial charge on any atom is 0.335 e. The predicted molar refractivity (Wildman–Crippen MR) is 128 cm³/mol. The number of nitrogens with zero attached hydrogens (tertiary/aromatic N) is 1. The Morgan fingerprint density at radius 2 is 2.06 bits per heavy atom. The summed E-state index contributed by atoms with van der Waals surface area (Å²) in [5.74, 6) is 0.0159. The van der Waals surface area contributed by atoms with Gasteiger partial charge < -0.3 is 19.6 Å². The predicted octanol–water partition coefficient (Wildman–Crippen LogP) is 5.46. The molecular weight excluding hydrogens is 416 g/mol. The molecule has 2 saturated heterocycles. The Kier molecular flexibility index (Phi) is 5.89. The molecular formula is C27H32N2O4. The Labute approximate surface area is 194 Å². The maximum atomic E-state index is 11.4. The number of hydrogen-bond acceptors (Lipinski definition) is 4. The lowest BCUT2D eigenvalue weighted by atomic mass is 9.78. The van der Waals surface area contributed by atoms with E-state index in [2.05, 4.69) is 28.9 Å². The Balaban J connectivity index is 1.51. The van der Waals surface area contributed by atoms with Crippen molar-refractivity contribution in [2.45, 2.75) is 57.2 Å². The van der Waals surface area contributed by atoms with Crippen LogP contribution in [0.4, 0.5) is 0 Å². The zero-order chi connectivity index (χ0) is 23.0. The fraction of sp³-hybridized carbons (Fsp3) is 0.444. The molecule has 2 atom stereocenters. The number of carbonyl (C=O) groups is 1. The van der Waals surface area contributed by atoms with E-state index < -0.39 is 5.97 Å². The van der Waals surface area contributed by atoms with Crippen LogP contribution in [-0.4, -0.2) is 46.8 Å². The van der Waals surface area contributed by atoms with Crippen LogP contribution >= 0.6 is 0 Å². The molecule has 0 bridgehead atoms. The number of piperidine rings is 1. The van der Waals surface area contributed by atoms with Crippen molar-refractivity contribution in [3.63, 3.8) is 0 Å². The normalized spacial score (nSPS) is 23.8. The second-order valence-electron chi connectivity index (χ2n) is 9.50. The summed E-state index contributed by atoms with van der Waals surface area (Å²) < 4.78 is 12.2. The van der Waals surface area contributed by atoms with E-state index in [9.17, 15) is 9.90 Å². The highest BCUT2D eigenvalue weighted by atomic mass is 16.5. The van der Waals surface area contributed by atoms with Gasteiger partial charge in [0.15, 0.2) is 0 Å². The largest absolute Gasteiger partial charge is 0.496 e. The van der Waals surface area contributed by atoms with Crippen molar-refractivity contribution in [3.8, 4) is 5.75 Å². The lowest BCUT2D eigenvalue weighted by Crippen LogP contribution is -2.48. The Morgan fingerprint density at radius 1 is 1.24 bits per heavy atom. The summed E-state index contributed by atoms with van der Waals surface area (Å²) in [6.07, 6.45) is 7.37. The van der Waals surface area contributed by atoms with Crippen LogP contribution in [0, 0.1) is 6.92 Å². The van der Waals surface area contributed by atoms with Crippen molar-refractivity contribution in [3.05, 3.63) is 64.8 Å². The van der Waals surface area contributed by atoms with Gasteiger partial charge >= 0.3 is 5.97 Å². The van der Waals surface area contributed by atoms with E-state index in [1.807, 2.05) is 18.3 Å². The minimum absolute atomic E-state index is 0.0777. The van der Waals surface area contributed by atoms with Gasteiger partial charge in [0.25, 0.3) is 0 Å². The molecule has 2 fully saturated rings. The zero-order valence-corrected chi connectivity index (χ0v) is 19.4. The minimum atomic E-state index is -0.895. The van der Waals surface area contributed by atoms with Crippen LogP contribution in [0.15, 0.2) is 42.6 Å². The fourth-order valence-electron chi connectivity index (χ4n) is 5.70. The number of aryl methyl sites for hydroxylation is 1. The van der Waals surface area contributed by atoms with E-state index >= 15 is 0 Å². The number of fused-ring (bicyclic) bond motifs is 1. The second kappa shape index (κ2) is 8.84. The molecule has 3 aromatic rings. The number of nitrogens with one attached hydrogen (secondary N) is 1. The standard InChI is InChI=1S/C27H32N2O4/c1-18-15-24(32-2)22(21-9-12-28-25(18)21)17-29-13-11-27(10-3-4-14-33-27)16-23(29)19-5-7-20(8-6-19)26(30)31/h5-9,12,15,23,28H,3-4,10-11,13-14,16-17H2,1-2H3,(H,30,31)/t23-,27?/m0/s1. The molecule has 2 aliphatic heterocycles. The number of hydrogen-bond donors (Lipinski definition) is 2. The van der Waals surface area contributed by atoms with Gasteiger partial charge in [-0.3, -0.25) is 4.90 Å². The first kappa shape index (κ1) is 22.0. The molecule has 6 heteroatoms. The van der Waals surface area contributed by atoms with E-state index in [0.717, 1.165) is 62.2 Å². The van der Waals surface area contributed by atoms with Gasteiger partial charge in [0.2, 0.25) is 0 Å². The SMILES string of the molecule is COc1cc(C)c2[nH]ccc2c1CN1CCC2(CCCCO2)C[C@H]1c1ccc(C(=O)O)cc1. The number of benzene rings is 2. The van der Waals surface area contributed by atoms with Crippen LogP contribution in [0.5, 0.6) is 5.75 Å². The molecule has 2 N–H and O–H groups in total. The van der Waals surface area contributed by atoms with Gasteiger partial charge in [-0.05, 0) is 74.4 Å². The summed E-state index contributed by atoms with van der Waals surface area (Å²) in [5.41, 5.74) is 4.89. The number of aromatic amines is 1. The molecule has 3 heterocycles. The van der Waals surface area contributed by atoms with Gasteiger partial charge in [-0.15, -0.1) is 0 Å². The fourth-order valence-corrected chi connectivity index (χ4v) is 5.70. The van der Waals surface area contributed by atoms with Gasteiger partial charge in [-0.2, -0.15) is 0 Å². The van der Waals surface area contributed by atoms with Crippen molar-refractivity contribution in [2.75, 3.05) is 20.3 Å². The van der Waals surface area contributed by atoms with Crippen LogP contribution in [0.25, 0.3) is 10.9 Å². The third-order valence-corrected chi connectivity index (χ3v) is 7.53.